The van der Waals surface area contributed by atoms with Crippen molar-refractivity contribution < 1.29 is 9.53 Å². The number of carbonyl (C=O) groups is 1. The molecule has 3 aromatic rings. The number of halogens is 1. The second-order valence-electron chi connectivity index (χ2n) is 7.65. The normalized spacial score (nSPS) is 10.3. The Morgan fingerprint density at radius 2 is 1.89 bits per heavy atom. The van der Waals surface area contributed by atoms with Gasteiger partial charge in [-0.1, -0.05) is 42.8 Å². The molecule has 0 spiro atoms. The molecule has 1 heterocycles. The Balaban J connectivity index is 1.82. The van der Waals surface area contributed by atoms with Crippen molar-refractivity contribution >= 4 is 40.8 Å². The van der Waals surface area contributed by atoms with Crippen LogP contribution in [0.4, 0.5) is 11.5 Å². The number of rotatable bonds is 8. The summed E-state index contributed by atoms with van der Waals surface area (Å²) in [4.78, 5) is 16.9. The van der Waals surface area contributed by atoms with Gasteiger partial charge in [0, 0.05) is 28.8 Å². The van der Waals surface area contributed by atoms with E-state index in [2.05, 4.69) is 29.4 Å². The van der Waals surface area contributed by atoms with Crippen LogP contribution in [0, 0.1) is 29.6 Å². The van der Waals surface area contributed by atoms with Crippen molar-refractivity contribution in [3.8, 4) is 29.0 Å². The second kappa shape index (κ2) is 11.6. The summed E-state index contributed by atoms with van der Waals surface area (Å²) in [6.45, 7) is 3.89. The monoisotopic (exact) mass is 505 g/mol. The molecule has 0 unspecified atom stereocenters. The van der Waals surface area contributed by atoms with Crippen LogP contribution in [0.1, 0.15) is 35.6 Å². The number of nitriles is 2. The molecule has 0 saturated heterocycles. The first-order chi connectivity index (χ1) is 16.8. The number of nitrogens with two attached hydrogens (primary N) is 1. The first kappa shape index (κ1) is 25.9. The lowest BCUT2D eigenvalue weighted by Crippen LogP contribution is -2.13. The van der Waals surface area contributed by atoms with Crippen LogP contribution in [-0.4, -0.2) is 23.8 Å². The summed E-state index contributed by atoms with van der Waals surface area (Å²) in [5.41, 5.74) is 10.2. The van der Waals surface area contributed by atoms with Crippen LogP contribution in [0.15, 0.2) is 41.4 Å². The second-order valence-corrected chi connectivity index (χ2v) is 9.14. The van der Waals surface area contributed by atoms with Crippen LogP contribution in [0.2, 0.25) is 5.02 Å². The van der Waals surface area contributed by atoms with Crippen molar-refractivity contribution in [3.63, 3.8) is 0 Å². The van der Waals surface area contributed by atoms with Gasteiger partial charge in [-0.05, 0) is 36.1 Å². The van der Waals surface area contributed by atoms with E-state index in [9.17, 15) is 15.3 Å². The van der Waals surface area contributed by atoms with Gasteiger partial charge >= 0.3 is 0 Å². The summed E-state index contributed by atoms with van der Waals surface area (Å²) in [6.07, 6.45) is 1.03. The van der Waals surface area contributed by atoms with Crippen molar-refractivity contribution in [1.82, 2.24) is 4.98 Å². The summed E-state index contributed by atoms with van der Waals surface area (Å²) in [6, 6.07) is 15.3. The van der Waals surface area contributed by atoms with Crippen LogP contribution in [0.5, 0.6) is 5.75 Å². The molecular weight excluding hydrogens is 482 g/mol. The zero-order valence-electron chi connectivity index (χ0n) is 19.6. The van der Waals surface area contributed by atoms with E-state index in [0.717, 1.165) is 17.5 Å². The minimum atomic E-state index is -0.229. The highest BCUT2D eigenvalue weighted by atomic mass is 35.5. The van der Waals surface area contributed by atoms with Gasteiger partial charge in [0.15, 0.2) is 0 Å². The maximum absolute atomic E-state index is 12.6. The average molecular weight is 506 g/mol. The molecule has 1 aromatic heterocycles. The first-order valence-electron chi connectivity index (χ1n) is 10.8. The van der Waals surface area contributed by atoms with Gasteiger partial charge in [-0.2, -0.15) is 10.5 Å². The van der Waals surface area contributed by atoms with E-state index in [0.29, 0.717) is 38.4 Å². The fourth-order valence-corrected chi connectivity index (χ4v) is 4.57. The maximum Gasteiger partial charge on any atom is 0.225 e. The molecule has 3 rings (SSSR count). The van der Waals surface area contributed by atoms with Crippen LogP contribution < -0.4 is 15.8 Å². The highest BCUT2D eigenvalue weighted by Gasteiger charge is 2.21. The third-order valence-corrected chi connectivity index (χ3v) is 6.77. The Bertz CT molecular complexity index is 1340. The van der Waals surface area contributed by atoms with Crippen LogP contribution in [0.3, 0.4) is 0 Å². The fourth-order valence-electron chi connectivity index (χ4n) is 3.48. The molecule has 178 valence electrons. The molecule has 0 atom stereocenters. The third-order valence-electron chi connectivity index (χ3n) is 5.39. The standard InChI is InChI=1S/C26H24ClN5O2S/c1-4-16-5-7-17(8-6-16)24-18(13-28)25(30)32-26(19(24)14-29)35-10-9-23(33)31-21-11-15(2)20(27)12-22(21)34-3/h5-8,11-12H,4,9-10H2,1-3H3,(H2,30,32)(H,31,33). The number of nitrogen functional groups attached to an aromatic ring is 1. The summed E-state index contributed by atoms with van der Waals surface area (Å²) in [7, 11) is 1.50. The number of pyridine rings is 1. The lowest BCUT2D eigenvalue weighted by molar-refractivity contribution is -0.115. The highest BCUT2D eigenvalue weighted by molar-refractivity contribution is 7.99. The van der Waals surface area contributed by atoms with E-state index in [4.69, 9.17) is 22.1 Å². The van der Waals surface area contributed by atoms with Gasteiger partial charge < -0.3 is 15.8 Å². The summed E-state index contributed by atoms with van der Waals surface area (Å²) in [5.74, 6) is 0.637. The lowest BCUT2D eigenvalue weighted by atomic mass is 9.96. The fraction of sp³-hybridized carbons (Fsp3) is 0.231. The molecule has 0 radical (unpaired) electrons. The van der Waals surface area contributed by atoms with Gasteiger partial charge in [0.1, 0.15) is 34.3 Å². The van der Waals surface area contributed by atoms with E-state index < -0.39 is 0 Å². The van der Waals surface area contributed by atoms with Crippen molar-refractivity contribution in [2.75, 3.05) is 23.9 Å². The van der Waals surface area contributed by atoms with Crippen molar-refractivity contribution in [3.05, 3.63) is 63.7 Å². The molecule has 7 nitrogen and oxygen atoms in total. The number of hydrogen-bond donors (Lipinski definition) is 2. The van der Waals surface area contributed by atoms with Gasteiger partial charge in [0.05, 0.1) is 18.4 Å². The zero-order valence-corrected chi connectivity index (χ0v) is 21.2. The summed E-state index contributed by atoms with van der Waals surface area (Å²) < 4.78 is 5.30. The van der Waals surface area contributed by atoms with E-state index in [1.54, 1.807) is 12.1 Å². The van der Waals surface area contributed by atoms with Gasteiger partial charge in [-0.25, -0.2) is 4.98 Å². The predicted molar refractivity (Wildman–Crippen MR) is 140 cm³/mol. The Labute approximate surface area is 213 Å². The summed E-state index contributed by atoms with van der Waals surface area (Å²) >= 11 is 7.37. The number of benzene rings is 2. The number of thioether (sulfide) groups is 1. The Hall–Kier alpha value is -3.72. The Kier molecular flexibility index (Phi) is 8.59. The van der Waals surface area contributed by atoms with E-state index in [1.807, 2.05) is 31.2 Å². The number of methoxy groups -OCH3 is 1. The van der Waals surface area contributed by atoms with Gasteiger partial charge in [-0.3, -0.25) is 4.79 Å². The smallest absolute Gasteiger partial charge is 0.225 e. The molecular formula is C26H24ClN5O2S. The molecule has 0 aliphatic heterocycles. The van der Waals surface area contributed by atoms with Gasteiger partial charge in [-0.15, -0.1) is 11.8 Å². The Morgan fingerprint density at radius 1 is 1.20 bits per heavy atom. The molecule has 0 aliphatic carbocycles. The number of ether oxygens (including phenoxy) is 1. The number of carbonyl (C=O) groups excluding carboxylic acids is 1. The molecule has 35 heavy (non-hydrogen) atoms. The van der Waals surface area contributed by atoms with Crippen LogP contribution >= 0.6 is 23.4 Å². The van der Waals surface area contributed by atoms with Gasteiger partial charge in [0.2, 0.25) is 5.91 Å². The molecule has 0 bridgehead atoms. The topological polar surface area (TPSA) is 125 Å². The average Bonchev–Trinajstić information content (AvgIpc) is 2.85. The van der Waals surface area contributed by atoms with Crippen LogP contribution in [0.25, 0.3) is 11.1 Å². The highest BCUT2D eigenvalue weighted by Crippen LogP contribution is 2.36. The third kappa shape index (κ3) is 5.86. The number of anilines is 2. The molecule has 9 heteroatoms. The number of aromatic nitrogens is 1. The number of hydrogen-bond acceptors (Lipinski definition) is 7. The number of nitrogens with one attached hydrogen (secondary N) is 1. The lowest BCUT2D eigenvalue weighted by Gasteiger charge is -2.14. The molecule has 3 N–H and O–H groups in total. The predicted octanol–water partition coefficient (Wildman–Crippen LogP) is 5.73. The van der Waals surface area contributed by atoms with Crippen molar-refractivity contribution in [2.24, 2.45) is 0 Å². The summed E-state index contributed by atoms with van der Waals surface area (Å²) in [5, 5.41) is 23.4. The molecule has 1 amide bonds. The molecule has 0 aliphatic rings. The molecule has 0 saturated carbocycles. The first-order valence-corrected chi connectivity index (χ1v) is 12.2. The minimum Gasteiger partial charge on any atom is -0.495 e. The van der Waals surface area contributed by atoms with Gasteiger partial charge in [0.25, 0.3) is 0 Å². The van der Waals surface area contributed by atoms with E-state index >= 15 is 0 Å². The maximum atomic E-state index is 12.6. The Morgan fingerprint density at radius 3 is 2.49 bits per heavy atom. The number of nitrogens with zero attached hydrogens (tertiary/aromatic N) is 3. The van der Waals surface area contributed by atoms with E-state index in [1.165, 1.54) is 18.9 Å². The SMILES string of the molecule is CCc1ccc(-c2c(C#N)c(N)nc(SCCC(=O)Nc3cc(C)c(Cl)cc3OC)c2C#N)cc1. The van der Waals surface area contributed by atoms with Crippen LogP contribution in [-0.2, 0) is 11.2 Å². The minimum absolute atomic E-state index is 0.0504. The largest absolute Gasteiger partial charge is 0.495 e. The quantitative estimate of drug-likeness (QED) is 0.374. The van der Waals surface area contributed by atoms with Crippen molar-refractivity contribution in [2.45, 2.75) is 31.7 Å². The zero-order chi connectivity index (χ0) is 25.5. The number of aryl methyl sites for hydroxylation is 2. The van der Waals surface area contributed by atoms with Crippen molar-refractivity contribution in [1.29, 1.82) is 10.5 Å². The van der Waals surface area contributed by atoms with E-state index in [-0.39, 0.29) is 29.3 Å². The number of amides is 1. The molecule has 2 aromatic carbocycles. The molecule has 0 fully saturated rings.